The van der Waals surface area contributed by atoms with E-state index in [0.717, 1.165) is 4.90 Å². The Morgan fingerprint density at radius 3 is 2.46 bits per heavy atom. The van der Waals surface area contributed by atoms with E-state index in [1.165, 1.54) is 9.70 Å². The number of carbonyl (C=O) groups excluding carboxylic acids is 2. The molecule has 2 aromatic carbocycles. The van der Waals surface area contributed by atoms with Gasteiger partial charge in [-0.2, -0.15) is 0 Å². The van der Waals surface area contributed by atoms with E-state index in [0.29, 0.717) is 23.5 Å². The SMILES string of the molecule is CN(C)C(=O)c1nnn(-c2ccc(NC(=O)CCSc3ccccc3)cc2)n1. The topological polar surface area (TPSA) is 93.0 Å². The monoisotopic (exact) mass is 396 g/mol. The second kappa shape index (κ2) is 9.14. The van der Waals surface area contributed by atoms with Crippen LogP contribution in [0.3, 0.4) is 0 Å². The van der Waals surface area contributed by atoms with Gasteiger partial charge >= 0.3 is 0 Å². The van der Waals surface area contributed by atoms with Crippen molar-refractivity contribution in [3.63, 3.8) is 0 Å². The van der Waals surface area contributed by atoms with Crippen LogP contribution in [0.15, 0.2) is 59.5 Å². The normalized spacial score (nSPS) is 10.5. The van der Waals surface area contributed by atoms with E-state index in [9.17, 15) is 9.59 Å². The van der Waals surface area contributed by atoms with Crippen LogP contribution in [0.4, 0.5) is 5.69 Å². The molecule has 0 aliphatic heterocycles. The molecule has 1 aromatic heterocycles. The lowest BCUT2D eigenvalue weighted by atomic mass is 10.3. The zero-order valence-corrected chi connectivity index (χ0v) is 16.4. The second-order valence-corrected chi connectivity index (χ2v) is 7.28. The highest BCUT2D eigenvalue weighted by molar-refractivity contribution is 7.99. The smallest absolute Gasteiger partial charge is 0.294 e. The van der Waals surface area contributed by atoms with Crippen LogP contribution in [0.2, 0.25) is 0 Å². The van der Waals surface area contributed by atoms with Crippen molar-refractivity contribution in [3.05, 3.63) is 60.4 Å². The van der Waals surface area contributed by atoms with Crippen molar-refractivity contribution in [1.82, 2.24) is 25.1 Å². The minimum Gasteiger partial charge on any atom is -0.342 e. The highest BCUT2D eigenvalue weighted by atomic mass is 32.2. The van der Waals surface area contributed by atoms with Gasteiger partial charge in [0.15, 0.2) is 0 Å². The van der Waals surface area contributed by atoms with Gasteiger partial charge in [0.1, 0.15) is 0 Å². The van der Waals surface area contributed by atoms with Crippen molar-refractivity contribution in [2.45, 2.75) is 11.3 Å². The molecule has 0 spiro atoms. The Hall–Kier alpha value is -3.20. The zero-order chi connectivity index (χ0) is 19.9. The number of aromatic nitrogens is 4. The standard InChI is InChI=1S/C19H20N6O2S/c1-24(2)19(27)18-21-23-25(22-18)15-10-8-14(9-11-15)20-17(26)12-13-28-16-6-4-3-5-7-16/h3-11H,12-13H2,1-2H3,(H,20,26). The molecule has 3 aromatic rings. The van der Waals surface area contributed by atoms with E-state index in [1.807, 2.05) is 30.3 Å². The van der Waals surface area contributed by atoms with Gasteiger partial charge < -0.3 is 10.2 Å². The van der Waals surface area contributed by atoms with E-state index in [4.69, 9.17) is 0 Å². The second-order valence-electron chi connectivity index (χ2n) is 6.11. The van der Waals surface area contributed by atoms with Gasteiger partial charge in [-0.05, 0) is 41.6 Å². The molecular formula is C19H20N6O2S. The Morgan fingerprint density at radius 1 is 1.07 bits per heavy atom. The number of hydrogen-bond acceptors (Lipinski definition) is 6. The minimum absolute atomic E-state index is 0.0262. The molecule has 0 aliphatic carbocycles. The molecule has 9 heteroatoms. The van der Waals surface area contributed by atoms with E-state index in [1.54, 1.807) is 50.1 Å². The van der Waals surface area contributed by atoms with Crippen molar-refractivity contribution in [2.24, 2.45) is 0 Å². The Balaban J connectivity index is 1.53. The molecule has 0 aliphatic rings. The highest BCUT2D eigenvalue weighted by Crippen LogP contribution is 2.18. The lowest BCUT2D eigenvalue weighted by molar-refractivity contribution is -0.115. The van der Waals surface area contributed by atoms with Crippen LogP contribution in [0.1, 0.15) is 17.0 Å². The number of benzene rings is 2. The average Bonchev–Trinajstić information content (AvgIpc) is 3.19. The van der Waals surface area contributed by atoms with E-state index >= 15 is 0 Å². The third kappa shape index (κ3) is 5.17. The average molecular weight is 396 g/mol. The summed E-state index contributed by atoms with van der Waals surface area (Å²) in [6.07, 6.45) is 0.419. The molecule has 0 bridgehead atoms. The van der Waals surface area contributed by atoms with Crippen molar-refractivity contribution in [2.75, 3.05) is 25.2 Å². The van der Waals surface area contributed by atoms with Crippen LogP contribution >= 0.6 is 11.8 Å². The summed E-state index contributed by atoms with van der Waals surface area (Å²) in [6, 6.07) is 17.0. The quantitative estimate of drug-likeness (QED) is 0.617. The molecule has 0 saturated heterocycles. The fraction of sp³-hybridized carbons (Fsp3) is 0.211. The maximum atomic E-state index is 12.1. The van der Waals surface area contributed by atoms with Gasteiger partial charge in [-0.25, -0.2) is 0 Å². The summed E-state index contributed by atoms with van der Waals surface area (Å²) in [5.41, 5.74) is 1.33. The number of amides is 2. The van der Waals surface area contributed by atoms with Gasteiger partial charge in [0.2, 0.25) is 5.91 Å². The Kier molecular flexibility index (Phi) is 6.38. The largest absolute Gasteiger partial charge is 0.342 e. The number of rotatable bonds is 7. The first-order chi connectivity index (χ1) is 13.5. The van der Waals surface area contributed by atoms with Gasteiger partial charge in [0, 0.05) is 36.9 Å². The molecule has 1 heterocycles. The summed E-state index contributed by atoms with van der Waals surface area (Å²) in [5.74, 6) is 0.371. The summed E-state index contributed by atoms with van der Waals surface area (Å²) in [5, 5.41) is 14.6. The lowest BCUT2D eigenvalue weighted by Crippen LogP contribution is -2.23. The summed E-state index contributed by atoms with van der Waals surface area (Å²) in [7, 11) is 3.25. The van der Waals surface area contributed by atoms with Gasteiger partial charge in [-0.3, -0.25) is 9.59 Å². The molecule has 0 saturated carbocycles. The predicted molar refractivity (Wildman–Crippen MR) is 108 cm³/mol. The molecule has 8 nitrogen and oxygen atoms in total. The number of hydrogen-bond donors (Lipinski definition) is 1. The summed E-state index contributed by atoms with van der Waals surface area (Å²) in [4.78, 5) is 27.7. The maximum absolute atomic E-state index is 12.1. The molecule has 28 heavy (non-hydrogen) atoms. The van der Waals surface area contributed by atoms with Gasteiger partial charge in [-0.1, -0.05) is 18.2 Å². The van der Waals surface area contributed by atoms with Crippen molar-refractivity contribution < 1.29 is 9.59 Å². The van der Waals surface area contributed by atoms with Crippen molar-refractivity contribution in [3.8, 4) is 5.69 Å². The lowest BCUT2D eigenvalue weighted by Gasteiger charge is -2.06. The van der Waals surface area contributed by atoms with Gasteiger partial charge in [0.05, 0.1) is 5.69 Å². The van der Waals surface area contributed by atoms with Crippen LogP contribution in [0.5, 0.6) is 0 Å². The van der Waals surface area contributed by atoms with E-state index in [2.05, 4.69) is 20.7 Å². The number of carbonyl (C=O) groups is 2. The van der Waals surface area contributed by atoms with Crippen molar-refractivity contribution >= 4 is 29.3 Å². The number of nitrogens with zero attached hydrogens (tertiary/aromatic N) is 5. The third-order valence-corrected chi connectivity index (χ3v) is 4.75. The molecule has 1 N–H and O–H groups in total. The zero-order valence-electron chi connectivity index (χ0n) is 15.6. The highest BCUT2D eigenvalue weighted by Gasteiger charge is 2.15. The molecule has 3 rings (SSSR count). The molecule has 0 atom stereocenters. The Labute approximate surface area is 166 Å². The summed E-state index contributed by atoms with van der Waals surface area (Å²) in [6.45, 7) is 0. The molecule has 0 unspecified atom stereocenters. The first kappa shape index (κ1) is 19.6. The molecule has 2 amide bonds. The van der Waals surface area contributed by atoms with Crippen LogP contribution in [0, 0.1) is 0 Å². The molecule has 0 fully saturated rings. The number of nitrogens with one attached hydrogen (secondary N) is 1. The number of anilines is 1. The van der Waals surface area contributed by atoms with Gasteiger partial charge in [0.25, 0.3) is 11.7 Å². The first-order valence-corrected chi connectivity index (χ1v) is 9.61. The van der Waals surface area contributed by atoms with Gasteiger partial charge in [-0.15, -0.1) is 26.8 Å². The summed E-state index contributed by atoms with van der Waals surface area (Å²) < 4.78 is 0. The third-order valence-electron chi connectivity index (χ3n) is 3.73. The van der Waals surface area contributed by atoms with Crippen molar-refractivity contribution in [1.29, 1.82) is 0 Å². The predicted octanol–water partition coefficient (Wildman–Crippen LogP) is 2.49. The maximum Gasteiger partial charge on any atom is 0.294 e. The molecule has 144 valence electrons. The Bertz CT molecular complexity index is 941. The fourth-order valence-electron chi connectivity index (χ4n) is 2.29. The van der Waals surface area contributed by atoms with Crippen LogP contribution in [-0.4, -0.2) is 56.8 Å². The Morgan fingerprint density at radius 2 is 1.79 bits per heavy atom. The first-order valence-electron chi connectivity index (χ1n) is 8.63. The minimum atomic E-state index is -0.316. The summed E-state index contributed by atoms with van der Waals surface area (Å²) >= 11 is 1.65. The van der Waals surface area contributed by atoms with Crippen LogP contribution in [0.25, 0.3) is 5.69 Å². The number of thioether (sulfide) groups is 1. The molecule has 0 radical (unpaired) electrons. The van der Waals surface area contributed by atoms with Crippen LogP contribution < -0.4 is 5.32 Å². The van der Waals surface area contributed by atoms with E-state index < -0.39 is 0 Å². The molecular weight excluding hydrogens is 376 g/mol. The number of tetrazole rings is 1. The van der Waals surface area contributed by atoms with E-state index in [-0.39, 0.29) is 17.6 Å². The fourth-order valence-corrected chi connectivity index (χ4v) is 3.16. The van der Waals surface area contributed by atoms with Crippen LogP contribution in [-0.2, 0) is 4.79 Å².